The summed E-state index contributed by atoms with van der Waals surface area (Å²) in [5.41, 5.74) is 0.802. The van der Waals surface area contributed by atoms with Gasteiger partial charge in [0.05, 0.1) is 11.3 Å². The van der Waals surface area contributed by atoms with Crippen LogP contribution in [0.15, 0.2) is 64.0 Å². The predicted octanol–water partition coefficient (Wildman–Crippen LogP) is 5.72. The molecule has 152 valence electrons. The second-order valence-electron chi connectivity index (χ2n) is 6.74. The molecule has 0 radical (unpaired) electrons. The molecule has 3 aromatic rings. The van der Waals surface area contributed by atoms with Crippen LogP contribution in [0.2, 0.25) is 0 Å². The van der Waals surface area contributed by atoms with E-state index in [-0.39, 0.29) is 17.0 Å². The topological polar surface area (TPSA) is 57.6 Å². The minimum Gasteiger partial charge on any atom is -0.507 e. The lowest BCUT2D eigenvalue weighted by Gasteiger charge is -2.24. The molecular formula is C22H14BrF2NO3S. The first-order valence-electron chi connectivity index (χ1n) is 8.85. The molecule has 0 bridgehead atoms. The van der Waals surface area contributed by atoms with Crippen molar-refractivity contribution < 1.29 is 23.5 Å². The monoisotopic (exact) mass is 489 g/mol. The van der Waals surface area contributed by atoms with Crippen LogP contribution in [0.3, 0.4) is 0 Å². The molecule has 0 spiro atoms. The summed E-state index contributed by atoms with van der Waals surface area (Å²) >= 11 is 4.64. The van der Waals surface area contributed by atoms with Crippen LogP contribution in [0.25, 0.3) is 5.76 Å². The zero-order chi connectivity index (χ0) is 21.6. The summed E-state index contributed by atoms with van der Waals surface area (Å²) in [6.07, 6.45) is 0. The molecule has 1 aliphatic rings. The minimum absolute atomic E-state index is 0.145. The maximum Gasteiger partial charge on any atom is 0.300 e. The zero-order valence-electron chi connectivity index (χ0n) is 15.5. The molecular weight excluding hydrogens is 476 g/mol. The Morgan fingerprint density at radius 2 is 1.90 bits per heavy atom. The van der Waals surface area contributed by atoms with E-state index in [9.17, 15) is 23.5 Å². The van der Waals surface area contributed by atoms with Gasteiger partial charge in [0.25, 0.3) is 11.7 Å². The van der Waals surface area contributed by atoms with Crippen molar-refractivity contribution in [2.45, 2.75) is 13.0 Å². The van der Waals surface area contributed by atoms with Gasteiger partial charge >= 0.3 is 0 Å². The van der Waals surface area contributed by atoms with Gasteiger partial charge in [-0.05, 0) is 48.2 Å². The lowest BCUT2D eigenvalue weighted by atomic mass is 9.99. The Balaban J connectivity index is 1.95. The first kappa shape index (κ1) is 20.4. The van der Waals surface area contributed by atoms with E-state index in [1.54, 1.807) is 35.7 Å². The number of carbonyl (C=O) groups is 2. The van der Waals surface area contributed by atoms with Crippen molar-refractivity contribution in [3.8, 4) is 0 Å². The fourth-order valence-corrected chi connectivity index (χ4v) is 4.49. The molecule has 30 heavy (non-hydrogen) atoms. The molecule has 2 heterocycles. The van der Waals surface area contributed by atoms with E-state index in [0.29, 0.717) is 16.5 Å². The second-order valence-corrected chi connectivity index (χ2v) is 8.58. The maximum atomic E-state index is 14.5. The van der Waals surface area contributed by atoms with Gasteiger partial charge in [0.2, 0.25) is 0 Å². The van der Waals surface area contributed by atoms with Crippen molar-refractivity contribution in [2.75, 3.05) is 4.90 Å². The van der Waals surface area contributed by atoms with Gasteiger partial charge < -0.3 is 5.11 Å². The highest BCUT2D eigenvalue weighted by molar-refractivity contribution is 9.10. The van der Waals surface area contributed by atoms with Crippen LogP contribution >= 0.6 is 27.3 Å². The van der Waals surface area contributed by atoms with E-state index in [1.165, 1.54) is 11.3 Å². The van der Waals surface area contributed by atoms with Crippen molar-refractivity contribution in [1.82, 2.24) is 0 Å². The van der Waals surface area contributed by atoms with Gasteiger partial charge in [-0.3, -0.25) is 14.5 Å². The van der Waals surface area contributed by atoms with Gasteiger partial charge in [-0.1, -0.05) is 28.1 Å². The Bertz CT molecular complexity index is 1210. The van der Waals surface area contributed by atoms with E-state index in [0.717, 1.165) is 27.1 Å². The highest BCUT2D eigenvalue weighted by Gasteiger charge is 2.48. The number of thiophene rings is 1. The molecule has 1 aromatic heterocycles. The molecule has 1 amide bonds. The number of hydrogen-bond donors (Lipinski definition) is 1. The number of rotatable bonds is 3. The molecule has 1 aliphatic heterocycles. The molecule has 1 N–H and O–H groups in total. The maximum absolute atomic E-state index is 14.5. The Kier molecular flexibility index (Phi) is 5.29. The summed E-state index contributed by atoms with van der Waals surface area (Å²) in [5, 5.41) is 12.7. The molecule has 1 fully saturated rings. The minimum atomic E-state index is -1.03. The standard InChI is InChI=1S/C22H14BrF2NO3S/c1-11-9-12(4-6-14(11)23)20(27)18-19(17-3-2-8-30-17)26(22(29)21(18)28)16-7-5-13(24)10-15(16)25/h2-10,19,27H,1H3/b20-18-. The summed E-state index contributed by atoms with van der Waals surface area (Å²) in [6.45, 7) is 1.82. The third-order valence-corrected chi connectivity index (χ3v) is 6.67. The SMILES string of the molecule is Cc1cc(/C(O)=C2/C(=O)C(=O)N(c3ccc(F)cc3F)C2c2cccs2)ccc1Br. The number of halogens is 3. The Labute approximate surface area is 183 Å². The molecule has 4 nitrogen and oxygen atoms in total. The fourth-order valence-electron chi connectivity index (χ4n) is 3.42. The van der Waals surface area contributed by atoms with Crippen LogP contribution < -0.4 is 4.90 Å². The largest absolute Gasteiger partial charge is 0.507 e. The van der Waals surface area contributed by atoms with Crippen LogP contribution in [-0.4, -0.2) is 16.8 Å². The average molecular weight is 490 g/mol. The number of amides is 1. The summed E-state index contributed by atoms with van der Waals surface area (Å²) in [5.74, 6) is -4.05. The summed E-state index contributed by atoms with van der Waals surface area (Å²) in [6, 6.07) is 10.2. The zero-order valence-corrected chi connectivity index (χ0v) is 17.9. The van der Waals surface area contributed by atoms with Crippen LogP contribution in [0, 0.1) is 18.6 Å². The number of carbonyl (C=O) groups excluding carboxylic acids is 2. The van der Waals surface area contributed by atoms with Crippen LogP contribution in [0.4, 0.5) is 14.5 Å². The van der Waals surface area contributed by atoms with Crippen molar-refractivity contribution in [1.29, 1.82) is 0 Å². The highest BCUT2D eigenvalue weighted by Crippen LogP contribution is 2.44. The smallest absolute Gasteiger partial charge is 0.300 e. The number of aliphatic hydroxyl groups excluding tert-OH is 1. The number of hydrogen-bond acceptors (Lipinski definition) is 4. The average Bonchev–Trinajstić information content (AvgIpc) is 3.31. The van der Waals surface area contributed by atoms with Crippen molar-refractivity contribution in [2.24, 2.45) is 0 Å². The van der Waals surface area contributed by atoms with Crippen LogP contribution in [0.1, 0.15) is 22.0 Å². The van der Waals surface area contributed by atoms with Gasteiger partial charge in [-0.2, -0.15) is 0 Å². The molecule has 1 unspecified atom stereocenters. The van der Waals surface area contributed by atoms with E-state index < -0.39 is 29.4 Å². The van der Waals surface area contributed by atoms with Gasteiger partial charge in [0.15, 0.2) is 0 Å². The molecule has 2 aromatic carbocycles. The third-order valence-electron chi connectivity index (χ3n) is 4.86. The van der Waals surface area contributed by atoms with Crippen molar-refractivity contribution in [3.05, 3.63) is 91.6 Å². The molecule has 4 rings (SSSR count). The molecule has 1 atom stereocenters. The lowest BCUT2D eigenvalue weighted by Crippen LogP contribution is -2.30. The van der Waals surface area contributed by atoms with Gasteiger partial charge in [-0.15, -0.1) is 11.3 Å². The van der Waals surface area contributed by atoms with E-state index >= 15 is 0 Å². The van der Waals surface area contributed by atoms with Crippen molar-refractivity contribution in [3.63, 3.8) is 0 Å². The van der Waals surface area contributed by atoms with Crippen LogP contribution in [0.5, 0.6) is 0 Å². The molecule has 8 heteroatoms. The third kappa shape index (κ3) is 3.36. The number of ketones is 1. The number of anilines is 1. The molecule has 1 saturated heterocycles. The highest BCUT2D eigenvalue weighted by atomic mass is 79.9. The number of nitrogens with zero attached hydrogens (tertiary/aromatic N) is 1. The normalized spacial score (nSPS) is 18.3. The predicted molar refractivity (Wildman–Crippen MR) is 114 cm³/mol. The summed E-state index contributed by atoms with van der Waals surface area (Å²) < 4.78 is 28.8. The summed E-state index contributed by atoms with van der Waals surface area (Å²) in [4.78, 5) is 27.3. The Morgan fingerprint density at radius 1 is 1.13 bits per heavy atom. The number of aliphatic hydroxyl groups is 1. The first-order chi connectivity index (χ1) is 14.3. The Hall–Kier alpha value is -2.84. The number of benzene rings is 2. The fraction of sp³-hybridized carbons (Fsp3) is 0.0909. The van der Waals surface area contributed by atoms with Gasteiger partial charge in [0, 0.05) is 21.0 Å². The molecule has 0 aliphatic carbocycles. The first-order valence-corrected chi connectivity index (χ1v) is 10.5. The Morgan fingerprint density at radius 3 is 2.53 bits per heavy atom. The van der Waals surface area contributed by atoms with E-state index in [1.807, 2.05) is 6.92 Å². The van der Waals surface area contributed by atoms with Crippen LogP contribution in [-0.2, 0) is 9.59 Å². The molecule has 0 saturated carbocycles. The number of aryl methyl sites for hydroxylation is 1. The van der Waals surface area contributed by atoms with E-state index in [2.05, 4.69) is 15.9 Å². The lowest BCUT2D eigenvalue weighted by molar-refractivity contribution is -0.132. The van der Waals surface area contributed by atoms with Gasteiger partial charge in [-0.25, -0.2) is 8.78 Å². The van der Waals surface area contributed by atoms with E-state index in [4.69, 9.17) is 0 Å². The number of Topliss-reactive ketones (excluding diaryl/α,β-unsaturated/α-hetero) is 1. The van der Waals surface area contributed by atoms with Crippen molar-refractivity contribution >= 4 is 50.4 Å². The second kappa shape index (κ2) is 7.77. The quantitative estimate of drug-likeness (QED) is 0.290. The van der Waals surface area contributed by atoms with Gasteiger partial charge in [0.1, 0.15) is 23.4 Å². The summed E-state index contributed by atoms with van der Waals surface area (Å²) in [7, 11) is 0.